The van der Waals surface area contributed by atoms with E-state index >= 15 is 0 Å². The van der Waals surface area contributed by atoms with Crippen molar-refractivity contribution in [2.75, 3.05) is 13.1 Å². The van der Waals surface area contributed by atoms with Gasteiger partial charge in [-0.15, -0.1) is 0 Å². The fraction of sp³-hybridized carbons (Fsp3) is 1.00. The van der Waals surface area contributed by atoms with Gasteiger partial charge in [0.2, 0.25) is 0 Å². The second kappa shape index (κ2) is 6.61. The Hall–Kier alpha value is -0.0400. The molecule has 0 aliphatic heterocycles. The highest BCUT2D eigenvalue weighted by Crippen LogP contribution is 2.48. The van der Waals surface area contributed by atoms with Crippen molar-refractivity contribution in [1.29, 1.82) is 0 Å². The Balaban J connectivity index is 1.90. The zero-order chi connectivity index (χ0) is 13.9. The molecular weight excluding hydrogens is 230 g/mol. The zero-order valence-corrected chi connectivity index (χ0v) is 13.7. The third kappa shape index (κ3) is 4.48. The lowest BCUT2D eigenvalue weighted by atomic mass is 9.63. The molecule has 0 amide bonds. The van der Waals surface area contributed by atoms with Crippen LogP contribution in [0, 0.1) is 29.1 Å². The van der Waals surface area contributed by atoms with E-state index in [9.17, 15) is 0 Å². The van der Waals surface area contributed by atoms with E-state index in [1.807, 2.05) is 0 Å². The molecule has 1 nitrogen and oxygen atoms in total. The molecule has 1 N–H and O–H groups in total. The van der Waals surface area contributed by atoms with Crippen LogP contribution in [0.25, 0.3) is 0 Å². The van der Waals surface area contributed by atoms with E-state index < -0.39 is 0 Å². The van der Waals surface area contributed by atoms with Crippen LogP contribution in [0.15, 0.2) is 0 Å². The highest BCUT2D eigenvalue weighted by atomic mass is 14.9. The van der Waals surface area contributed by atoms with E-state index in [0.29, 0.717) is 5.41 Å². The molecule has 0 heterocycles. The third-order valence-electron chi connectivity index (χ3n) is 5.55. The molecule has 2 aliphatic rings. The minimum atomic E-state index is 0.599. The fourth-order valence-electron chi connectivity index (χ4n) is 4.44. The van der Waals surface area contributed by atoms with E-state index in [1.54, 1.807) is 0 Å². The van der Waals surface area contributed by atoms with Gasteiger partial charge in [-0.1, -0.05) is 53.4 Å². The summed E-state index contributed by atoms with van der Waals surface area (Å²) < 4.78 is 0. The number of rotatable bonds is 5. The summed E-state index contributed by atoms with van der Waals surface area (Å²) in [5.41, 5.74) is 0.599. The molecule has 0 aromatic rings. The summed E-state index contributed by atoms with van der Waals surface area (Å²) in [6.07, 6.45) is 10.4. The maximum absolute atomic E-state index is 3.74. The van der Waals surface area contributed by atoms with Crippen molar-refractivity contribution in [3.05, 3.63) is 0 Å². The summed E-state index contributed by atoms with van der Waals surface area (Å²) in [4.78, 5) is 0. The Bertz CT molecular complexity index is 263. The van der Waals surface area contributed by atoms with E-state index in [1.165, 1.54) is 58.0 Å². The lowest BCUT2D eigenvalue weighted by Gasteiger charge is -2.44. The monoisotopic (exact) mass is 265 g/mol. The van der Waals surface area contributed by atoms with Gasteiger partial charge in [0.15, 0.2) is 0 Å². The van der Waals surface area contributed by atoms with Crippen molar-refractivity contribution in [2.45, 2.75) is 72.6 Å². The van der Waals surface area contributed by atoms with Crippen LogP contribution < -0.4 is 5.32 Å². The topological polar surface area (TPSA) is 12.0 Å². The first-order chi connectivity index (χ1) is 8.98. The van der Waals surface area contributed by atoms with E-state index in [-0.39, 0.29) is 0 Å². The predicted octanol–water partition coefficient (Wildman–Crippen LogP) is 4.86. The average molecular weight is 265 g/mol. The highest BCUT2D eigenvalue weighted by molar-refractivity contribution is 4.90. The van der Waals surface area contributed by atoms with Gasteiger partial charge in [-0.25, -0.2) is 0 Å². The van der Waals surface area contributed by atoms with Crippen LogP contribution in [-0.2, 0) is 0 Å². The standard InChI is InChI=1S/C18H35N/c1-14(2)12-19-13-16-9-10-18(3,4)11-17(16)15-7-5-6-8-15/h14-17,19H,5-13H2,1-4H3. The van der Waals surface area contributed by atoms with Gasteiger partial charge in [0.1, 0.15) is 0 Å². The van der Waals surface area contributed by atoms with E-state index in [4.69, 9.17) is 0 Å². The van der Waals surface area contributed by atoms with Crippen LogP contribution >= 0.6 is 0 Å². The second-order valence-corrected chi connectivity index (χ2v) is 8.43. The molecule has 0 bridgehead atoms. The Morgan fingerprint density at radius 1 is 1.11 bits per heavy atom. The average Bonchev–Trinajstić information content (AvgIpc) is 2.83. The molecule has 2 rings (SSSR count). The summed E-state index contributed by atoms with van der Waals surface area (Å²) in [5, 5.41) is 3.74. The predicted molar refractivity (Wildman–Crippen MR) is 84.3 cm³/mol. The molecule has 1 heteroatoms. The van der Waals surface area contributed by atoms with Gasteiger partial charge in [0.25, 0.3) is 0 Å². The molecule has 0 saturated heterocycles. The largest absolute Gasteiger partial charge is 0.316 e. The normalized spacial score (nSPS) is 32.1. The van der Waals surface area contributed by atoms with Gasteiger partial charge in [0.05, 0.1) is 0 Å². The minimum Gasteiger partial charge on any atom is -0.316 e. The van der Waals surface area contributed by atoms with Crippen molar-refractivity contribution in [2.24, 2.45) is 29.1 Å². The van der Waals surface area contributed by atoms with Gasteiger partial charge in [-0.2, -0.15) is 0 Å². The molecule has 2 aliphatic carbocycles. The third-order valence-corrected chi connectivity index (χ3v) is 5.55. The Labute approximate surface area is 120 Å². The Morgan fingerprint density at radius 3 is 2.42 bits per heavy atom. The SMILES string of the molecule is CC(C)CNCC1CCC(C)(C)CC1C1CCCC1. The summed E-state index contributed by atoms with van der Waals surface area (Å²) >= 11 is 0. The Morgan fingerprint density at radius 2 is 1.79 bits per heavy atom. The van der Waals surface area contributed by atoms with Crippen molar-refractivity contribution in [1.82, 2.24) is 5.32 Å². The molecule has 2 saturated carbocycles. The number of hydrogen-bond acceptors (Lipinski definition) is 1. The Kier molecular flexibility index (Phi) is 5.34. The van der Waals surface area contributed by atoms with Gasteiger partial charge in [-0.05, 0) is 61.4 Å². The molecule has 0 radical (unpaired) electrons. The summed E-state index contributed by atoms with van der Waals surface area (Å²) in [6, 6.07) is 0. The molecule has 0 aromatic carbocycles. The maximum atomic E-state index is 3.74. The van der Waals surface area contributed by atoms with Crippen LogP contribution in [0.4, 0.5) is 0 Å². The number of hydrogen-bond donors (Lipinski definition) is 1. The summed E-state index contributed by atoms with van der Waals surface area (Å²) in [7, 11) is 0. The number of nitrogens with one attached hydrogen (secondary N) is 1. The van der Waals surface area contributed by atoms with Crippen LogP contribution in [0.1, 0.15) is 72.6 Å². The first kappa shape index (κ1) is 15.4. The fourth-order valence-corrected chi connectivity index (χ4v) is 4.44. The minimum absolute atomic E-state index is 0.599. The van der Waals surface area contributed by atoms with E-state index in [0.717, 1.165) is 23.7 Å². The van der Waals surface area contributed by atoms with Gasteiger partial charge >= 0.3 is 0 Å². The van der Waals surface area contributed by atoms with Gasteiger partial charge in [-0.3, -0.25) is 0 Å². The van der Waals surface area contributed by atoms with Crippen molar-refractivity contribution >= 4 is 0 Å². The zero-order valence-electron chi connectivity index (χ0n) is 13.7. The summed E-state index contributed by atoms with van der Waals surface area (Å²) in [5.74, 6) is 3.79. The lowest BCUT2D eigenvalue weighted by Crippen LogP contribution is -2.39. The maximum Gasteiger partial charge on any atom is -0.00176 e. The van der Waals surface area contributed by atoms with Gasteiger partial charge in [0, 0.05) is 0 Å². The smallest absolute Gasteiger partial charge is 0.00176 e. The summed E-state index contributed by atoms with van der Waals surface area (Å²) in [6.45, 7) is 12.1. The van der Waals surface area contributed by atoms with Crippen LogP contribution in [-0.4, -0.2) is 13.1 Å². The van der Waals surface area contributed by atoms with E-state index in [2.05, 4.69) is 33.0 Å². The van der Waals surface area contributed by atoms with Gasteiger partial charge < -0.3 is 5.32 Å². The molecule has 2 fully saturated rings. The van der Waals surface area contributed by atoms with Crippen LogP contribution in [0.2, 0.25) is 0 Å². The van der Waals surface area contributed by atoms with Crippen molar-refractivity contribution in [3.63, 3.8) is 0 Å². The highest BCUT2D eigenvalue weighted by Gasteiger charge is 2.39. The molecule has 0 spiro atoms. The first-order valence-corrected chi connectivity index (χ1v) is 8.69. The molecule has 2 unspecified atom stereocenters. The lowest BCUT2D eigenvalue weighted by molar-refractivity contribution is 0.0744. The van der Waals surface area contributed by atoms with Crippen LogP contribution in [0.5, 0.6) is 0 Å². The van der Waals surface area contributed by atoms with Crippen molar-refractivity contribution in [3.8, 4) is 0 Å². The molecule has 0 aromatic heterocycles. The quantitative estimate of drug-likeness (QED) is 0.748. The molecule has 112 valence electrons. The molecule has 2 atom stereocenters. The molecule has 19 heavy (non-hydrogen) atoms. The van der Waals surface area contributed by atoms with Crippen LogP contribution in [0.3, 0.4) is 0 Å². The van der Waals surface area contributed by atoms with Crippen molar-refractivity contribution < 1.29 is 0 Å². The molecular formula is C18H35N. The second-order valence-electron chi connectivity index (χ2n) is 8.43. The first-order valence-electron chi connectivity index (χ1n) is 8.69.